The van der Waals surface area contributed by atoms with Crippen molar-refractivity contribution in [3.63, 3.8) is 0 Å². The normalized spacial score (nSPS) is 16.8. The van der Waals surface area contributed by atoms with Gasteiger partial charge in [0.15, 0.2) is 0 Å². The number of piperidine rings is 1. The van der Waals surface area contributed by atoms with Crippen molar-refractivity contribution in [2.24, 2.45) is 5.92 Å². The van der Waals surface area contributed by atoms with Crippen molar-refractivity contribution < 1.29 is 4.79 Å². The molecule has 1 unspecified atom stereocenters. The molecular formula is C19H27N5O. The lowest BCUT2D eigenvalue weighted by molar-refractivity contribution is 0.175. The van der Waals surface area contributed by atoms with Crippen LogP contribution in [0.15, 0.2) is 36.7 Å². The zero-order valence-corrected chi connectivity index (χ0v) is 15.0. The Bertz CT molecular complexity index is 648. The van der Waals surface area contributed by atoms with Crippen LogP contribution in [0.5, 0.6) is 0 Å². The van der Waals surface area contributed by atoms with Crippen molar-refractivity contribution in [2.45, 2.75) is 45.1 Å². The Morgan fingerprint density at radius 2 is 2.00 bits per heavy atom. The second-order valence-electron chi connectivity index (χ2n) is 7.17. The zero-order valence-electron chi connectivity index (χ0n) is 15.0. The van der Waals surface area contributed by atoms with Crippen LogP contribution in [0.3, 0.4) is 0 Å². The molecule has 1 saturated heterocycles. The predicted molar refractivity (Wildman–Crippen MR) is 97.1 cm³/mol. The molecule has 2 N–H and O–H groups in total. The summed E-state index contributed by atoms with van der Waals surface area (Å²) >= 11 is 0. The van der Waals surface area contributed by atoms with Crippen LogP contribution < -0.4 is 5.32 Å². The van der Waals surface area contributed by atoms with Crippen LogP contribution >= 0.6 is 0 Å². The van der Waals surface area contributed by atoms with Gasteiger partial charge >= 0.3 is 6.03 Å². The summed E-state index contributed by atoms with van der Waals surface area (Å²) in [5.74, 6) is 1.82. The van der Waals surface area contributed by atoms with Gasteiger partial charge in [0.2, 0.25) is 0 Å². The third-order valence-corrected chi connectivity index (χ3v) is 4.81. The molecule has 3 rings (SSSR count). The highest BCUT2D eigenvalue weighted by molar-refractivity contribution is 5.74. The van der Waals surface area contributed by atoms with E-state index >= 15 is 0 Å². The summed E-state index contributed by atoms with van der Waals surface area (Å²) in [7, 11) is 0. The van der Waals surface area contributed by atoms with Crippen molar-refractivity contribution in [1.82, 2.24) is 25.4 Å². The minimum Gasteiger partial charge on any atom is -0.331 e. The van der Waals surface area contributed by atoms with Crippen molar-refractivity contribution >= 4 is 6.03 Å². The Hall–Kier alpha value is -2.37. The lowest BCUT2D eigenvalue weighted by Gasteiger charge is -2.33. The van der Waals surface area contributed by atoms with E-state index in [1.54, 1.807) is 6.33 Å². The third kappa shape index (κ3) is 4.59. The highest BCUT2D eigenvalue weighted by atomic mass is 16.2. The van der Waals surface area contributed by atoms with Gasteiger partial charge in [0.25, 0.3) is 0 Å². The maximum Gasteiger partial charge on any atom is 0.317 e. The maximum atomic E-state index is 12.7. The Morgan fingerprint density at radius 1 is 1.28 bits per heavy atom. The predicted octanol–water partition coefficient (Wildman–Crippen LogP) is 3.48. The second kappa shape index (κ2) is 8.14. The highest BCUT2D eigenvalue weighted by Gasteiger charge is 2.27. The second-order valence-corrected chi connectivity index (χ2v) is 7.17. The highest BCUT2D eigenvalue weighted by Crippen LogP contribution is 2.26. The fourth-order valence-corrected chi connectivity index (χ4v) is 3.44. The molecule has 0 aliphatic carbocycles. The number of H-pyrrole nitrogens is 1. The van der Waals surface area contributed by atoms with Gasteiger partial charge in [-0.1, -0.05) is 44.2 Å². The lowest BCUT2D eigenvalue weighted by atomic mass is 9.96. The molecule has 0 radical (unpaired) electrons. The van der Waals surface area contributed by atoms with E-state index in [0.717, 1.165) is 38.2 Å². The molecule has 2 heterocycles. The smallest absolute Gasteiger partial charge is 0.317 e. The molecule has 0 spiro atoms. The van der Waals surface area contributed by atoms with Crippen LogP contribution in [-0.2, 0) is 0 Å². The van der Waals surface area contributed by atoms with Gasteiger partial charge in [-0.05, 0) is 30.7 Å². The number of hydrogen-bond donors (Lipinski definition) is 2. The number of aromatic amines is 1. The van der Waals surface area contributed by atoms with E-state index in [1.807, 2.05) is 23.1 Å². The molecule has 1 aliphatic heterocycles. The number of benzene rings is 1. The molecule has 0 bridgehead atoms. The zero-order chi connectivity index (χ0) is 17.6. The summed E-state index contributed by atoms with van der Waals surface area (Å²) in [5, 5.41) is 10.1. The number of hydrogen-bond acceptors (Lipinski definition) is 3. The fourth-order valence-electron chi connectivity index (χ4n) is 3.44. The van der Waals surface area contributed by atoms with E-state index in [0.29, 0.717) is 11.8 Å². The number of carbonyl (C=O) groups excluding carboxylic acids is 1. The lowest BCUT2D eigenvalue weighted by Crippen LogP contribution is -2.45. The average Bonchev–Trinajstić information content (AvgIpc) is 3.16. The molecule has 1 aromatic heterocycles. The van der Waals surface area contributed by atoms with E-state index in [1.165, 1.54) is 5.56 Å². The molecule has 1 aromatic carbocycles. The third-order valence-electron chi connectivity index (χ3n) is 4.81. The van der Waals surface area contributed by atoms with Crippen molar-refractivity contribution in [1.29, 1.82) is 0 Å². The number of aromatic nitrogens is 3. The molecular weight excluding hydrogens is 314 g/mol. The molecule has 1 fully saturated rings. The summed E-state index contributed by atoms with van der Waals surface area (Å²) < 4.78 is 0. The molecule has 6 heteroatoms. The maximum absolute atomic E-state index is 12.7. The SMILES string of the molecule is CC(C)CC(NC(=O)N1CCC(c2ncn[nH]2)CC1)c1ccccc1. The summed E-state index contributed by atoms with van der Waals surface area (Å²) in [6.45, 7) is 5.87. The van der Waals surface area contributed by atoms with Gasteiger partial charge in [0, 0.05) is 19.0 Å². The number of rotatable bonds is 5. The topological polar surface area (TPSA) is 73.9 Å². The molecule has 0 saturated carbocycles. The van der Waals surface area contributed by atoms with Crippen molar-refractivity contribution in [3.8, 4) is 0 Å². The van der Waals surface area contributed by atoms with Crippen LogP contribution in [0.25, 0.3) is 0 Å². The van der Waals surface area contributed by atoms with Crippen LogP contribution in [0, 0.1) is 5.92 Å². The summed E-state index contributed by atoms with van der Waals surface area (Å²) in [4.78, 5) is 18.9. The molecule has 2 aromatic rings. The largest absolute Gasteiger partial charge is 0.331 e. The molecule has 25 heavy (non-hydrogen) atoms. The van der Waals surface area contributed by atoms with E-state index in [-0.39, 0.29) is 12.1 Å². The van der Waals surface area contributed by atoms with Gasteiger partial charge in [-0.2, -0.15) is 5.10 Å². The summed E-state index contributed by atoms with van der Waals surface area (Å²) in [6, 6.07) is 10.3. The first kappa shape index (κ1) is 17.5. The molecule has 1 atom stereocenters. The number of nitrogens with one attached hydrogen (secondary N) is 2. The van der Waals surface area contributed by atoms with Gasteiger partial charge in [0.1, 0.15) is 12.2 Å². The van der Waals surface area contributed by atoms with E-state index in [9.17, 15) is 4.79 Å². The van der Waals surface area contributed by atoms with E-state index < -0.39 is 0 Å². The van der Waals surface area contributed by atoms with Gasteiger partial charge in [-0.25, -0.2) is 9.78 Å². The Morgan fingerprint density at radius 3 is 2.60 bits per heavy atom. The van der Waals surface area contributed by atoms with Crippen molar-refractivity contribution in [3.05, 3.63) is 48.0 Å². The van der Waals surface area contributed by atoms with Gasteiger partial charge < -0.3 is 10.2 Å². The van der Waals surface area contributed by atoms with Crippen molar-refractivity contribution in [2.75, 3.05) is 13.1 Å². The van der Waals surface area contributed by atoms with Crippen LogP contribution in [0.1, 0.15) is 56.5 Å². The summed E-state index contributed by atoms with van der Waals surface area (Å²) in [5.41, 5.74) is 1.17. The molecule has 2 amide bonds. The number of urea groups is 1. The van der Waals surface area contributed by atoms with Crippen LogP contribution in [0.2, 0.25) is 0 Å². The van der Waals surface area contributed by atoms with E-state index in [2.05, 4.69) is 46.5 Å². The average molecular weight is 341 g/mol. The fraction of sp³-hybridized carbons (Fsp3) is 0.526. The first-order chi connectivity index (χ1) is 12.1. The quantitative estimate of drug-likeness (QED) is 0.874. The minimum absolute atomic E-state index is 0.0329. The Labute approximate surface area is 149 Å². The monoisotopic (exact) mass is 341 g/mol. The van der Waals surface area contributed by atoms with Crippen LogP contribution in [0.4, 0.5) is 4.79 Å². The number of likely N-dealkylation sites (tertiary alicyclic amines) is 1. The summed E-state index contributed by atoms with van der Waals surface area (Å²) in [6.07, 6.45) is 4.32. The first-order valence-corrected chi connectivity index (χ1v) is 9.09. The van der Waals surface area contributed by atoms with Crippen LogP contribution in [-0.4, -0.2) is 39.2 Å². The molecule has 6 nitrogen and oxygen atoms in total. The van der Waals surface area contributed by atoms with Gasteiger partial charge in [-0.15, -0.1) is 0 Å². The number of amides is 2. The molecule has 1 aliphatic rings. The van der Waals surface area contributed by atoms with Gasteiger partial charge in [-0.3, -0.25) is 5.10 Å². The first-order valence-electron chi connectivity index (χ1n) is 9.09. The number of nitrogens with zero attached hydrogens (tertiary/aromatic N) is 3. The minimum atomic E-state index is 0.0329. The van der Waals surface area contributed by atoms with E-state index in [4.69, 9.17) is 0 Å². The Kier molecular flexibility index (Phi) is 5.68. The standard InChI is InChI=1S/C19H27N5O/c1-14(2)12-17(15-6-4-3-5-7-15)22-19(25)24-10-8-16(9-11-24)18-20-13-21-23-18/h3-7,13-14,16-17H,8-12H2,1-2H3,(H,22,25)(H,20,21,23). The Balaban J connectivity index is 1.58. The molecule has 134 valence electrons. The number of carbonyl (C=O) groups is 1. The van der Waals surface area contributed by atoms with Gasteiger partial charge in [0.05, 0.1) is 6.04 Å².